The molecule has 3 N–H and O–H groups in total. The summed E-state index contributed by atoms with van der Waals surface area (Å²) in [5.41, 5.74) is 0.717. The maximum atomic E-state index is 13.1. The molecule has 25 heavy (non-hydrogen) atoms. The smallest absolute Gasteiger partial charge is 0.349 e. The summed E-state index contributed by atoms with van der Waals surface area (Å²) in [6.07, 6.45) is 3.17. The molecule has 0 bridgehead atoms. The van der Waals surface area contributed by atoms with Gasteiger partial charge in [0.05, 0.1) is 0 Å². The van der Waals surface area contributed by atoms with Crippen LogP contribution in [-0.4, -0.2) is 23.6 Å². The predicted molar refractivity (Wildman–Crippen MR) is 87.8 cm³/mol. The van der Waals surface area contributed by atoms with Crippen LogP contribution in [0.3, 0.4) is 0 Å². The summed E-state index contributed by atoms with van der Waals surface area (Å²) in [4.78, 5) is 34.7. The second kappa shape index (κ2) is 8.93. The van der Waals surface area contributed by atoms with Gasteiger partial charge < -0.3 is 9.73 Å². The Kier molecular flexibility index (Phi) is 6.64. The standard InChI is InChI=1S/C17H19FN2O5/c18-12-7-6-11-9-13(17(23)25-14(11)10-12)16(22)19-8-4-2-1-3-5-15(21)20-24/h6-7,9-10,24H,1-5,8H2,(H,19,22)(H,20,21). The SMILES string of the molecule is O=C(CCCCCCNC(=O)c1cc2ccc(F)cc2oc1=O)NO. The fraction of sp³-hybridized carbons (Fsp3) is 0.353. The molecular weight excluding hydrogens is 331 g/mol. The molecule has 0 unspecified atom stereocenters. The van der Waals surface area contributed by atoms with Crippen molar-refractivity contribution in [3.8, 4) is 0 Å². The summed E-state index contributed by atoms with van der Waals surface area (Å²) in [6.45, 7) is 0.381. The minimum Gasteiger partial charge on any atom is -0.422 e. The number of halogens is 1. The average Bonchev–Trinajstić information content (AvgIpc) is 2.59. The van der Waals surface area contributed by atoms with Crippen LogP contribution in [0.5, 0.6) is 0 Å². The van der Waals surface area contributed by atoms with Crippen molar-refractivity contribution < 1.29 is 23.6 Å². The van der Waals surface area contributed by atoms with Gasteiger partial charge in [-0.25, -0.2) is 14.7 Å². The number of amides is 2. The summed E-state index contributed by atoms with van der Waals surface area (Å²) in [5.74, 6) is -1.49. The Bertz CT molecular complexity index is 818. The maximum Gasteiger partial charge on any atom is 0.349 e. The van der Waals surface area contributed by atoms with E-state index in [1.54, 1.807) is 5.48 Å². The van der Waals surface area contributed by atoms with Gasteiger partial charge in [-0.05, 0) is 31.0 Å². The van der Waals surface area contributed by atoms with Crippen LogP contribution in [-0.2, 0) is 4.79 Å². The number of carbonyl (C=O) groups is 2. The molecule has 134 valence electrons. The van der Waals surface area contributed by atoms with Crippen LogP contribution in [0.4, 0.5) is 4.39 Å². The first kappa shape index (κ1) is 18.6. The highest BCUT2D eigenvalue weighted by Gasteiger charge is 2.13. The second-order valence-corrected chi connectivity index (χ2v) is 5.58. The Balaban J connectivity index is 1.82. The molecule has 0 aliphatic rings. The van der Waals surface area contributed by atoms with Gasteiger partial charge >= 0.3 is 5.63 Å². The molecule has 0 aliphatic carbocycles. The van der Waals surface area contributed by atoms with E-state index in [1.165, 1.54) is 18.2 Å². The van der Waals surface area contributed by atoms with Gasteiger partial charge in [0.2, 0.25) is 5.91 Å². The van der Waals surface area contributed by atoms with Crippen molar-refractivity contribution in [2.24, 2.45) is 0 Å². The molecule has 1 aromatic heterocycles. The molecule has 7 nitrogen and oxygen atoms in total. The Morgan fingerprint density at radius 3 is 2.64 bits per heavy atom. The largest absolute Gasteiger partial charge is 0.422 e. The Labute approximate surface area is 142 Å². The zero-order chi connectivity index (χ0) is 18.2. The number of rotatable bonds is 8. The van der Waals surface area contributed by atoms with Crippen LogP contribution >= 0.6 is 0 Å². The summed E-state index contributed by atoms with van der Waals surface area (Å²) < 4.78 is 18.1. The van der Waals surface area contributed by atoms with Crippen LogP contribution in [0.1, 0.15) is 42.5 Å². The first-order valence-corrected chi connectivity index (χ1v) is 7.96. The number of nitrogens with one attached hydrogen (secondary N) is 2. The third kappa shape index (κ3) is 5.39. The van der Waals surface area contributed by atoms with Gasteiger partial charge in [-0.2, -0.15) is 0 Å². The normalized spacial score (nSPS) is 10.6. The Morgan fingerprint density at radius 2 is 1.88 bits per heavy atom. The molecule has 2 aromatic rings. The van der Waals surface area contributed by atoms with Crippen LogP contribution in [0.15, 0.2) is 33.5 Å². The van der Waals surface area contributed by atoms with Crippen LogP contribution in [0, 0.1) is 5.82 Å². The van der Waals surface area contributed by atoms with Gasteiger partial charge in [0.25, 0.3) is 5.91 Å². The van der Waals surface area contributed by atoms with Crippen molar-refractivity contribution >= 4 is 22.8 Å². The number of hydroxylamine groups is 1. The first-order chi connectivity index (χ1) is 12.0. The lowest BCUT2D eigenvalue weighted by atomic mass is 10.1. The topological polar surface area (TPSA) is 109 Å². The lowest BCUT2D eigenvalue weighted by Gasteiger charge is -2.05. The number of hydrogen-bond acceptors (Lipinski definition) is 5. The molecule has 0 aliphatic heterocycles. The predicted octanol–water partition coefficient (Wildman–Crippen LogP) is 2.12. The number of hydrogen-bond donors (Lipinski definition) is 3. The molecule has 0 spiro atoms. The van der Waals surface area contributed by atoms with E-state index in [-0.39, 0.29) is 17.6 Å². The molecular formula is C17H19FN2O5. The van der Waals surface area contributed by atoms with E-state index >= 15 is 0 Å². The molecule has 0 atom stereocenters. The van der Waals surface area contributed by atoms with Gasteiger partial charge in [-0.15, -0.1) is 0 Å². The van der Waals surface area contributed by atoms with Crippen LogP contribution in [0.2, 0.25) is 0 Å². The molecule has 0 saturated carbocycles. The number of unbranched alkanes of at least 4 members (excludes halogenated alkanes) is 3. The van der Waals surface area contributed by atoms with E-state index in [0.29, 0.717) is 24.8 Å². The number of benzene rings is 1. The molecule has 0 saturated heterocycles. The second-order valence-electron chi connectivity index (χ2n) is 5.58. The monoisotopic (exact) mass is 350 g/mol. The lowest BCUT2D eigenvalue weighted by molar-refractivity contribution is -0.129. The third-order valence-electron chi connectivity index (χ3n) is 3.68. The Morgan fingerprint density at radius 1 is 1.12 bits per heavy atom. The van der Waals surface area contributed by atoms with Crippen molar-refractivity contribution in [2.45, 2.75) is 32.1 Å². The van der Waals surface area contributed by atoms with Gasteiger partial charge in [0.15, 0.2) is 0 Å². The summed E-state index contributed by atoms with van der Waals surface area (Å²) in [7, 11) is 0. The maximum absolute atomic E-state index is 13.1. The highest BCUT2D eigenvalue weighted by Crippen LogP contribution is 2.14. The summed E-state index contributed by atoms with van der Waals surface area (Å²) in [6, 6.07) is 5.13. The molecule has 2 rings (SSSR count). The quantitative estimate of drug-likeness (QED) is 0.292. The third-order valence-corrected chi connectivity index (χ3v) is 3.68. The van der Waals surface area contributed by atoms with E-state index in [0.717, 1.165) is 18.9 Å². The fourth-order valence-corrected chi connectivity index (χ4v) is 2.36. The zero-order valence-corrected chi connectivity index (χ0v) is 13.5. The van der Waals surface area contributed by atoms with Crippen molar-refractivity contribution in [1.29, 1.82) is 0 Å². The van der Waals surface area contributed by atoms with E-state index in [9.17, 15) is 18.8 Å². The average molecular weight is 350 g/mol. The van der Waals surface area contributed by atoms with Crippen molar-refractivity contribution in [3.63, 3.8) is 0 Å². The summed E-state index contributed by atoms with van der Waals surface area (Å²) >= 11 is 0. The van der Waals surface area contributed by atoms with E-state index in [2.05, 4.69) is 5.32 Å². The van der Waals surface area contributed by atoms with Crippen molar-refractivity contribution in [1.82, 2.24) is 10.8 Å². The van der Waals surface area contributed by atoms with Crippen LogP contribution < -0.4 is 16.4 Å². The summed E-state index contributed by atoms with van der Waals surface area (Å²) in [5, 5.41) is 11.4. The molecule has 0 radical (unpaired) electrons. The minimum atomic E-state index is -0.814. The van der Waals surface area contributed by atoms with Crippen molar-refractivity contribution in [3.05, 3.63) is 46.1 Å². The van der Waals surface area contributed by atoms with E-state index in [1.807, 2.05) is 0 Å². The first-order valence-electron chi connectivity index (χ1n) is 7.96. The lowest BCUT2D eigenvalue weighted by Crippen LogP contribution is -2.29. The molecule has 0 fully saturated rings. The van der Waals surface area contributed by atoms with Gasteiger partial charge in [0.1, 0.15) is 17.0 Å². The van der Waals surface area contributed by atoms with E-state index < -0.39 is 23.3 Å². The Hall–Kier alpha value is -2.74. The van der Waals surface area contributed by atoms with E-state index in [4.69, 9.17) is 9.62 Å². The molecule has 1 aromatic carbocycles. The molecule has 1 heterocycles. The van der Waals surface area contributed by atoms with Gasteiger partial charge in [0, 0.05) is 24.4 Å². The van der Waals surface area contributed by atoms with Gasteiger partial charge in [-0.3, -0.25) is 14.8 Å². The number of fused-ring (bicyclic) bond motifs is 1. The zero-order valence-electron chi connectivity index (χ0n) is 13.5. The highest BCUT2D eigenvalue weighted by atomic mass is 19.1. The van der Waals surface area contributed by atoms with Crippen LogP contribution in [0.25, 0.3) is 11.0 Å². The van der Waals surface area contributed by atoms with Crippen molar-refractivity contribution in [2.75, 3.05) is 6.54 Å². The highest BCUT2D eigenvalue weighted by molar-refractivity contribution is 5.96. The van der Waals surface area contributed by atoms with Gasteiger partial charge in [-0.1, -0.05) is 12.8 Å². The fourth-order valence-electron chi connectivity index (χ4n) is 2.36. The number of carbonyl (C=O) groups excluding carboxylic acids is 2. The minimum absolute atomic E-state index is 0.0912. The molecule has 2 amide bonds. The molecule has 8 heteroatoms.